The summed E-state index contributed by atoms with van der Waals surface area (Å²) in [6, 6.07) is 28.5. The molecule has 172 valence electrons. The Morgan fingerprint density at radius 3 is 2.14 bits per heavy atom. The third kappa shape index (κ3) is 3.87. The molecule has 36 heavy (non-hydrogen) atoms. The van der Waals surface area contributed by atoms with E-state index in [-0.39, 0.29) is 5.56 Å². The minimum Gasteiger partial charge on any atom is -0.355 e. The average molecular weight is 471 g/mol. The molecule has 0 aliphatic rings. The number of hydrogen-bond donors (Lipinski definition) is 1. The summed E-state index contributed by atoms with van der Waals surface area (Å²) in [7, 11) is 0. The van der Waals surface area contributed by atoms with Crippen LogP contribution in [0.1, 0.15) is 20.7 Å². The lowest BCUT2D eigenvalue weighted by Gasteiger charge is -2.06. The molecule has 0 radical (unpaired) electrons. The highest BCUT2D eigenvalue weighted by molar-refractivity contribution is 5.92. The Morgan fingerprint density at radius 1 is 0.639 bits per heavy atom. The van der Waals surface area contributed by atoms with Crippen molar-refractivity contribution in [1.29, 1.82) is 0 Å². The van der Waals surface area contributed by atoms with E-state index in [0.29, 0.717) is 17.4 Å². The van der Waals surface area contributed by atoms with E-state index in [0.717, 1.165) is 56.0 Å². The lowest BCUT2D eigenvalue weighted by Crippen LogP contribution is -1.89. The molecule has 2 aromatic heterocycles. The second-order valence-electron chi connectivity index (χ2n) is 8.71. The van der Waals surface area contributed by atoms with Crippen LogP contribution in [0.3, 0.4) is 0 Å². The molecule has 0 aliphatic heterocycles. The van der Waals surface area contributed by atoms with E-state index in [1.807, 2.05) is 48.5 Å². The first-order chi connectivity index (χ1) is 17.6. The zero-order valence-corrected chi connectivity index (χ0v) is 19.0. The summed E-state index contributed by atoms with van der Waals surface area (Å²) in [6.45, 7) is 0. The van der Waals surface area contributed by atoms with Gasteiger partial charge in [-0.3, -0.25) is 14.6 Å². The molecular formula is C31H19FN2O2. The van der Waals surface area contributed by atoms with Crippen LogP contribution >= 0.6 is 0 Å². The van der Waals surface area contributed by atoms with Crippen LogP contribution in [0.15, 0.2) is 97.2 Å². The number of benzene rings is 4. The van der Waals surface area contributed by atoms with Crippen LogP contribution in [-0.2, 0) is 0 Å². The number of H-pyrrole nitrogens is 1. The van der Waals surface area contributed by atoms with Gasteiger partial charge in [0.25, 0.3) is 0 Å². The zero-order chi connectivity index (χ0) is 24.6. The van der Waals surface area contributed by atoms with Gasteiger partial charge in [0.1, 0.15) is 12.1 Å². The number of aromatic nitrogens is 2. The second-order valence-corrected chi connectivity index (χ2v) is 8.71. The van der Waals surface area contributed by atoms with Gasteiger partial charge in [0.15, 0.2) is 6.29 Å². The van der Waals surface area contributed by atoms with Crippen LogP contribution in [-0.4, -0.2) is 22.5 Å². The zero-order valence-electron chi connectivity index (χ0n) is 19.0. The van der Waals surface area contributed by atoms with Gasteiger partial charge in [-0.1, -0.05) is 48.5 Å². The monoisotopic (exact) mass is 470 g/mol. The summed E-state index contributed by atoms with van der Waals surface area (Å²) in [5, 5.41) is 2.03. The molecule has 0 saturated carbocycles. The summed E-state index contributed by atoms with van der Waals surface area (Å²) in [4.78, 5) is 29.9. The van der Waals surface area contributed by atoms with Gasteiger partial charge in [0, 0.05) is 44.9 Å². The van der Waals surface area contributed by atoms with Crippen molar-refractivity contribution in [3.63, 3.8) is 0 Å². The number of aldehydes is 2. The van der Waals surface area contributed by atoms with Crippen LogP contribution in [0, 0.1) is 5.82 Å². The molecule has 4 aromatic carbocycles. The first-order valence-electron chi connectivity index (χ1n) is 11.4. The van der Waals surface area contributed by atoms with Crippen LogP contribution < -0.4 is 0 Å². The number of fused-ring (bicyclic) bond motifs is 2. The summed E-state index contributed by atoms with van der Waals surface area (Å²) < 4.78 is 14.1. The number of nitrogens with one attached hydrogen (secondary N) is 1. The van der Waals surface area contributed by atoms with Crippen LogP contribution in [0.4, 0.5) is 4.39 Å². The highest BCUT2D eigenvalue weighted by Gasteiger charge is 2.09. The summed E-state index contributed by atoms with van der Waals surface area (Å²) in [6.07, 6.45) is 3.07. The maximum Gasteiger partial charge on any atom is 0.152 e. The maximum absolute atomic E-state index is 14.1. The Balaban J connectivity index is 1.33. The summed E-state index contributed by atoms with van der Waals surface area (Å²) in [5.74, 6) is -0.544. The highest BCUT2D eigenvalue weighted by Crippen LogP contribution is 2.31. The van der Waals surface area contributed by atoms with Crippen LogP contribution in [0.2, 0.25) is 0 Å². The van der Waals surface area contributed by atoms with Gasteiger partial charge in [-0.15, -0.1) is 0 Å². The molecule has 0 bridgehead atoms. The number of hydrogen-bond acceptors (Lipinski definition) is 3. The SMILES string of the molecule is O=Cc1ccc(-c2ccc3[nH]c(-c4ccc5cc(-c6ccc(C=O)c(F)c6)cnc5c4)cc3c2)cc1. The Hall–Kier alpha value is -4.90. The van der Waals surface area contributed by atoms with E-state index in [1.54, 1.807) is 12.3 Å². The maximum atomic E-state index is 14.1. The Bertz CT molecular complexity index is 1790. The molecule has 6 rings (SSSR count). The fourth-order valence-corrected chi connectivity index (χ4v) is 4.47. The normalized spacial score (nSPS) is 11.1. The smallest absolute Gasteiger partial charge is 0.152 e. The van der Waals surface area contributed by atoms with Crippen LogP contribution in [0.5, 0.6) is 0 Å². The van der Waals surface area contributed by atoms with E-state index in [4.69, 9.17) is 0 Å². The lowest BCUT2D eigenvalue weighted by molar-refractivity contribution is 0.111. The van der Waals surface area contributed by atoms with Crippen molar-refractivity contribution in [2.75, 3.05) is 0 Å². The number of aromatic amines is 1. The number of rotatable bonds is 5. The molecule has 0 saturated heterocycles. The number of halogens is 1. The van der Waals surface area contributed by atoms with Gasteiger partial charge >= 0.3 is 0 Å². The topological polar surface area (TPSA) is 62.8 Å². The molecule has 0 spiro atoms. The largest absolute Gasteiger partial charge is 0.355 e. The van der Waals surface area contributed by atoms with E-state index in [9.17, 15) is 14.0 Å². The van der Waals surface area contributed by atoms with Gasteiger partial charge in [-0.2, -0.15) is 0 Å². The van der Waals surface area contributed by atoms with Crippen molar-refractivity contribution in [1.82, 2.24) is 9.97 Å². The number of carbonyl (C=O) groups is 2. The Kier molecular flexibility index (Phi) is 5.23. The molecule has 0 aliphatic carbocycles. The van der Waals surface area contributed by atoms with Gasteiger partial charge in [-0.05, 0) is 59.2 Å². The number of nitrogens with zero attached hydrogens (tertiary/aromatic N) is 1. The molecule has 6 aromatic rings. The molecule has 2 heterocycles. The van der Waals surface area contributed by atoms with E-state index >= 15 is 0 Å². The van der Waals surface area contributed by atoms with Crippen molar-refractivity contribution in [2.45, 2.75) is 0 Å². The van der Waals surface area contributed by atoms with E-state index in [1.165, 1.54) is 12.1 Å². The summed E-state index contributed by atoms with van der Waals surface area (Å²) in [5.41, 5.74) is 8.14. The fourth-order valence-electron chi connectivity index (χ4n) is 4.47. The predicted octanol–water partition coefficient (Wildman–Crippen LogP) is 7.48. The third-order valence-electron chi connectivity index (χ3n) is 6.46. The minimum absolute atomic E-state index is 0.0402. The highest BCUT2D eigenvalue weighted by atomic mass is 19.1. The molecule has 0 atom stereocenters. The molecule has 4 nitrogen and oxygen atoms in total. The number of carbonyl (C=O) groups excluding carboxylic acids is 2. The number of pyridine rings is 1. The first kappa shape index (κ1) is 21.6. The van der Waals surface area contributed by atoms with Gasteiger partial charge in [0.2, 0.25) is 0 Å². The average Bonchev–Trinajstić information content (AvgIpc) is 3.36. The first-order valence-corrected chi connectivity index (χ1v) is 11.4. The van der Waals surface area contributed by atoms with Crippen molar-refractivity contribution in [3.05, 3.63) is 114 Å². The lowest BCUT2D eigenvalue weighted by atomic mass is 10.0. The quantitative estimate of drug-likeness (QED) is 0.266. The standard InChI is InChI=1S/C31H19FN2O2/c32-28-13-22(5-8-25(28)18-36)27-12-23-6-7-24(14-30(23)33-16-27)31-15-26-11-21(9-10-29(26)34-31)20-3-1-19(17-35)2-4-20/h1-18,34H. The molecule has 5 heteroatoms. The molecular weight excluding hydrogens is 451 g/mol. The Morgan fingerprint density at radius 2 is 1.36 bits per heavy atom. The second kappa shape index (κ2) is 8.71. The molecule has 0 fully saturated rings. The van der Waals surface area contributed by atoms with Crippen molar-refractivity contribution in [2.24, 2.45) is 0 Å². The predicted molar refractivity (Wildman–Crippen MR) is 141 cm³/mol. The summed E-state index contributed by atoms with van der Waals surface area (Å²) >= 11 is 0. The Labute approximate surface area is 206 Å². The molecule has 1 N–H and O–H groups in total. The van der Waals surface area contributed by atoms with Gasteiger partial charge in [0.05, 0.1) is 11.1 Å². The molecule has 0 amide bonds. The van der Waals surface area contributed by atoms with E-state index < -0.39 is 5.82 Å². The van der Waals surface area contributed by atoms with Crippen molar-refractivity contribution >= 4 is 34.4 Å². The van der Waals surface area contributed by atoms with E-state index in [2.05, 4.69) is 34.2 Å². The van der Waals surface area contributed by atoms with Crippen LogP contribution in [0.25, 0.3) is 55.3 Å². The minimum atomic E-state index is -0.544. The molecule has 0 unspecified atom stereocenters. The van der Waals surface area contributed by atoms with Gasteiger partial charge < -0.3 is 4.98 Å². The van der Waals surface area contributed by atoms with Crippen molar-refractivity contribution < 1.29 is 14.0 Å². The van der Waals surface area contributed by atoms with Gasteiger partial charge in [-0.25, -0.2) is 4.39 Å². The fraction of sp³-hybridized carbons (Fsp3) is 0. The third-order valence-corrected chi connectivity index (χ3v) is 6.46. The van der Waals surface area contributed by atoms with Crippen molar-refractivity contribution in [3.8, 4) is 33.5 Å².